The van der Waals surface area contributed by atoms with Gasteiger partial charge in [0.2, 0.25) is 0 Å². The highest BCUT2D eigenvalue weighted by molar-refractivity contribution is 5.90. The van der Waals surface area contributed by atoms with Gasteiger partial charge in [-0.3, -0.25) is 4.98 Å². The maximum atomic E-state index is 12.3. The fourth-order valence-electron chi connectivity index (χ4n) is 3.44. The van der Waals surface area contributed by atoms with Crippen molar-refractivity contribution in [1.82, 2.24) is 4.98 Å². The van der Waals surface area contributed by atoms with Crippen LogP contribution in [0.15, 0.2) is 42.6 Å². The Bertz CT molecular complexity index is 706. The lowest BCUT2D eigenvalue weighted by atomic mass is 10.1. The summed E-state index contributed by atoms with van der Waals surface area (Å²) >= 11 is 0. The fraction of sp³-hybridized carbons (Fsp3) is 0.538. The number of rotatable bonds is 13. The van der Waals surface area contributed by atoms with Gasteiger partial charge in [-0.05, 0) is 56.4 Å². The molecule has 0 aliphatic heterocycles. The average Bonchev–Trinajstić information content (AvgIpc) is 2.75. The van der Waals surface area contributed by atoms with Gasteiger partial charge >= 0.3 is 5.97 Å². The van der Waals surface area contributed by atoms with E-state index in [4.69, 9.17) is 4.74 Å². The van der Waals surface area contributed by atoms with Crippen LogP contribution in [0.1, 0.15) is 94.5 Å². The molecule has 1 aromatic heterocycles. The van der Waals surface area contributed by atoms with Crippen LogP contribution in [-0.4, -0.2) is 17.1 Å². The zero-order chi connectivity index (χ0) is 20.9. The van der Waals surface area contributed by atoms with E-state index in [9.17, 15) is 4.79 Å². The molecular formula is C26H37NO2. The van der Waals surface area contributed by atoms with Gasteiger partial charge < -0.3 is 4.74 Å². The van der Waals surface area contributed by atoms with Crippen molar-refractivity contribution in [2.45, 2.75) is 91.1 Å². The molecule has 0 amide bonds. The molecule has 0 unspecified atom stereocenters. The third-order valence-electron chi connectivity index (χ3n) is 5.33. The van der Waals surface area contributed by atoms with Crippen LogP contribution in [0.5, 0.6) is 0 Å². The maximum absolute atomic E-state index is 12.3. The van der Waals surface area contributed by atoms with Crippen LogP contribution < -0.4 is 0 Å². The Kier molecular flexibility index (Phi) is 10.5. The van der Waals surface area contributed by atoms with Crippen LogP contribution in [0.3, 0.4) is 0 Å². The van der Waals surface area contributed by atoms with Crippen molar-refractivity contribution in [2.24, 2.45) is 0 Å². The predicted octanol–water partition coefficient (Wildman–Crippen LogP) is 7.39. The van der Waals surface area contributed by atoms with E-state index < -0.39 is 0 Å². The van der Waals surface area contributed by atoms with E-state index in [-0.39, 0.29) is 12.1 Å². The van der Waals surface area contributed by atoms with Gasteiger partial charge in [0.1, 0.15) is 0 Å². The number of hydrogen-bond donors (Lipinski definition) is 0. The standard InChI is InChI=1S/C26H37NO2/c1-4-6-8-10-12-21(3)29-26(28)24-17-15-23(16-18-24)25-19-14-22(20-27-25)13-11-9-7-5-2/h14-21H,4-13H2,1-3H3/t21-/m0/s1. The number of hydrogen-bond acceptors (Lipinski definition) is 3. The molecule has 0 spiro atoms. The molecule has 1 heterocycles. The molecule has 0 bridgehead atoms. The minimum Gasteiger partial charge on any atom is -0.459 e. The van der Waals surface area contributed by atoms with Crippen molar-refractivity contribution in [3.8, 4) is 11.3 Å². The summed E-state index contributed by atoms with van der Waals surface area (Å²) in [6, 6.07) is 11.8. The van der Waals surface area contributed by atoms with Crippen LogP contribution in [0.25, 0.3) is 11.3 Å². The van der Waals surface area contributed by atoms with Gasteiger partial charge in [-0.2, -0.15) is 0 Å². The van der Waals surface area contributed by atoms with Crippen molar-refractivity contribution < 1.29 is 9.53 Å². The van der Waals surface area contributed by atoms with Crippen LogP contribution >= 0.6 is 0 Å². The molecule has 3 heteroatoms. The molecule has 0 fully saturated rings. The van der Waals surface area contributed by atoms with E-state index in [1.807, 2.05) is 37.4 Å². The molecule has 3 nitrogen and oxygen atoms in total. The molecule has 2 aromatic rings. The molecule has 0 radical (unpaired) electrons. The normalized spacial score (nSPS) is 12.0. The molecule has 158 valence electrons. The van der Waals surface area contributed by atoms with Crippen LogP contribution in [-0.2, 0) is 11.2 Å². The maximum Gasteiger partial charge on any atom is 0.338 e. The molecule has 1 atom stereocenters. The number of unbranched alkanes of at least 4 members (excludes halogenated alkanes) is 6. The minimum atomic E-state index is -0.241. The number of carbonyl (C=O) groups is 1. The molecule has 1 aromatic carbocycles. The Morgan fingerprint density at radius 3 is 2.21 bits per heavy atom. The monoisotopic (exact) mass is 395 g/mol. The van der Waals surface area contributed by atoms with Crippen LogP contribution in [0.2, 0.25) is 0 Å². The lowest BCUT2D eigenvalue weighted by molar-refractivity contribution is 0.0319. The zero-order valence-electron chi connectivity index (χ0n) is 18.5. The van der Waals surface area contributed by atoms with Gasteiger partial charge in [0.25, 0.3) is 0 Å². The third-order valence-corrected chi connectivity index (χ3v) is 5.33. The lowest BCUT2D eigenvalue weighted by Crippen LogP contribution is -2.15. The molecule has 0 N–H and O–H groups in total. The number of ether oxygens (including phenoxy) is 1. The first kappa shape index (κ1) is 23.1. The van der Waals surface area contributed by atoms with E-state index in [1.165, 1.54) is 50.5 Å². The Balaban J connectivity index is 1.85. The summed E-state index contributed by atoms with van der Waals surface area (Å²) in [5.41, 5.74) is 3.85. The highest BCUT2D eigenvalue weighted by Crippen LogP contribution is 2.19. The minimum absolute atomic E-state index is 0.0365. The first-order chi connectivity index (χ1) is 14.1. The highest BCUT2D eigenvalue weighted by atomic mass is 16.5. The van der Waals surface area contributed by atoms with Crippen LogP contribution in [0, 0.1) is 0 Å². The quantitative estimate of drug-likeness (QED) is 0.262. The lowest BCUT2D eigenvalue weighted by Gasteiger charge is -2.13. The average molecular weight is 396 g/mol. The molecule has 0 aliphatic rings. The molecule has 0 aliphatic carbocycles. The van der Waals surface area contributed by atoms with Gasteiger partial charge in [0.05, 0.1) is 17.4 Å². The van der Waals surface area contributed by atoms with Crippen molar-refractivity contribution in [3.63, 3.8) is 0 Å². The van der Waals surface area contributed by atoms with E-state index in [0.29, 0.717) is 5.56 Å². The van der Waals surface area contributed by atoms with Crippen LogP contribution in [0.4, 0.5) is 0 Å². The molecule has 0 saturated carbocycles. The van der Waals surface area contributed by atoms with Gasteiger partial charge in [-0.15, -0.1) is 0 Å². The zero-order valence-corrected chi connectivity index (χ0v) is 18.5. The predicted molar refractivity (Wildman–Crippen MR) is 121 cm³/mol. The van der Waals surface area contributed by atoms with Crippen molar-refractivity contribution >= 4 is 5.97 Å². The second-order valence-electron chi connectivity index (χ2n) is 8.00. The number of aryl methyl sites for hydroxylation is 1. The Morgan fingerprint density at radius 1 is 0.897 bits per heavy atom. The summed E-state index contributed by atoms with van der Waals surface area (Å²) in [6.45, 7) is 6.41. The molecule has 0 saturated heterocycles. The summed E-state index contributed by atoms with van der Waals surface area (Å²) in [7, 11) is 0. The first-order valence-electron chi connectivity index (χ1n) is 11.4. The topological polar surface area (TPSA) is 39.2 Å². The fourth-order valence-corrected chi connectivity index (χ4v) is 3.44. The summed E-state index contributed by atoms with van der Waals surface area (Å²) in [5.74, 6) is -0.241. The number of pyridine rings is 1. The number of aromatic nitrogens is 1. The van der Waals surface area contributed by atoms with Gasteiger partial charge in [-0.1, -0.05) is 70.6 Å². The summed E-state index contributed by atoms with van der Waals surface area (Å²) in [5, 5.41) is 0. The van der Waals surface area contributed by atoms with E-state index in [0.717, 1.165) is 30.5 Å². The smallest absolute Gasteiger partial charge is 0.338 e. The molecule has 2 rings (SSSR count). The number of carbonyl (C=O) groups excluding carboxylic acids is 1. The highest BCUT2D eigenvalue weighted by Gasteiger charge is 2.12. The SMILES string of the molecule is CCCCCCc1ccc(-c2ccc(C(=O)O[C@@H](C)CCCCCC)cc2)nc1. The summed E-state index contributed by atoms with van der Waals surface area (Å²) in [4.78, 5) is 16.9. The number of nitrogens with zero attached hydrogens (tertiary/aromatic N) is 1. The third kappa shape index (κ3) is 8.39. The molecular weight excluding hydrogens is 358 g/mol. The van der Waals surface area contributed by atoms with Crippen molar-refractivity contribution in [2.75, 3.05) is 0 Å². The molecule has 29 heavy (non-hydrogen) atoms. The largest absolute Gasteiger partial charge is 0.459 e. The van der Waals surface area contributed by atoms with E-state index in [1.54, 1.807) is 0 Å². The van der Waals surface area contributed by atoms with E-state index in [2.05, 4.69) is 31.0 Å². The van der Waals surface area contributed by atoms with Crippen molar-refractivity contribution in [3.05, 3.63) is 53.7 Å². The summed E-state index contributed by atoms with van der Waals surface area (Å²) < 4.78 is 5.58. The summed E-state index contributed by atoms with van der Waals surface area (Å²) in [6.07, 6.45) is 13.8. The first-order valence-corrected chi connectivity index (χ1v) is 11.4. The van der Waals surface area contributed by atoms with Gasteiger partial charge in [0.15, 0.2) is 0 Å². The van der Waals surface area contributed by atoms with Gasteiger partial charge in [-0.25, -0.2) is 4.79 Å². The van der Waals surface area contributed by atoms with Gasteiger partial charge in [0, 0.05) is 11.8 Å². The Morgan fingerprint density at radius 2 is 1.59 bits per heavy atom. The van der Waals surface area contributed by atoms with Crippen molar-refractivity contribution in [1.29, 1.82) is 0 Å². The number of benzene rings is 1. The second-order valence-corrected chi connectivity index (χ2v) is 8.00. The van der Waals surface area contributed by atoms with E-state index >= 15 is 0 Å². The number of esters is 1. The Hall–Kier alpha value is -2.16. The second kappa shape index (κ2) is 13.1. The Labute approximate surface area is 176 Å².